The summed E-state index contributed by atoms with van der Waals surface area (Å²) in [7, 11) is 0. The van der Waals surface area contributed by atoms with Crippen molar-refractivity contribution in [2.24, 2.45) is 11.1 Å². The van der Waals surface area contributed by atoms with E-state index in [0.29, 0.717) is 19.6 Å². The maximum Gasteiger partial charge on any atom is 0.240 e. The summed E-state index contributed by atoms with van der Waals surface area (Å²) in [5.74, 6) is -0.0460. The van der Waals surface area contributed by atoms with E-state index in [2.05, 4.69) is 5.32 Å². The molecule has 0 aliphatic heterocycles. The van der Waals surface area contributed by atoms with Gasteiger partial charge in [0.1, 0.15) is 5.54 Å². The molecule has 1 aliphatic rings. The SMILES string of the molecule is CCCNC(=O)C1(N)CC(OCC)C1(C)C. The summed E-state index contributed by atoms with van der Waals surface area (Å²) in [5, 5.41) is 2.87. The lowest BCUT2D eigenvalue weighted by molar-refractivity contribution is -0.170. The summed E-state index contributed by atoms with van der Waals surface area (Å²) < 4.78 is 5.58. The van der Waals surface area contributed by atoms with E-state index in [9.17, 15) is 4.79 Å². The van der Waals surface area contributed by atoms with Gasteiger partial charge in [0.25, 0.3) is 0 Å². The first-order valence-corrected chi connectivity index (χ1v) is 6.09. The molecule has 1 aliphatic carbocycles. The predicted molar refractivity (Wildman–Crippen MR) is 64.0 cm³/mol. The second-order valence-corrected chi connectivity index (χ2v) is 5.10. The van der Waals surface area contributed by atoms with E-state index in [1.807, 2.05) is 27.7 Å². The molecule has 0 heterocycles. The van der Waals surface area contributed by atoms with Crippen LogP contribution < -0.4 is 11.1 Å². The first-order valence-electron chi connectivity index (χ1n) is 6.09. The molecule has 0 saturated heterocycles. The fourth-order valence-corrected chi connectivity index (χ4v) is 2.22. The molecule has 2 atom stereocenters. The molecule has 2 unspecified atom stereocenters. The van der Waals surface area contributed by atoms with E-state index in [1.165, 1.54) is 0 Å². The van der Waals surface area contributed by atoms with Crippen molar-refractivity contribution in [1.82, 2.24) is 5.32 Å². The van der Waals surface area contributed by atoms with Crippen molar-refractivity contribution in [2.75, 3.05) is 13.2 Å². The second kappa shape index (κ2) is 4.72. The molecule has 0 spiro atoms. The Labute approximate surface area is 97.9 Å². The lowest BCUT2D eigenvalue weighted by atomic mass is 9.54. The summed E-state index contributed by atoms with van der Waals surface area (Å²) in [5.41, 5.74) is 5.13. The lowest BCUT2D eigenvalue weighted by Crippen LogP contribution is -2.75. The minimum Gasteiger partial charge on any atom is -0.378 e. The fraction of sp³-hybridized carbons (Fsp3) is 0.917. The highest BCUT2D eigenvalue weighted by atomic mass is 16.5. The number of ether oxygens (including phenoxy) is 1. The van der Waals surface area contributed by atoms with Crippen LogP contribution in [0, 0.1) is 5.41 Å². The molecule has 0 aromatic carbocycles. The molecule has 16 heavy (non-hydrogen) atoms. The Morgan fingerprint density at radius 2 is 2.12 bits per heavy atom. The van der Waals surface area contributed by atoms with Crippen LogP contribution in [-0.2, 0) is 9.53 Å². The lowest BCUT2D eigenvalue weighted by Gasteiger charge is -2.57. The smallest absolute Gasteiger partial charge is 0.240 e. The van der Waals surface area contributed by atoms with Gasteiger partial charge < -0.3 is 15.8 Å². The molecule has 4 heteroatoms. The van der Waals surface area contributed by atoms with Crippen LogP contribution in [0.1, 0.15) is 40.5 Å². The van der Waals surface area contributed by atoms with Crippen LogP contribution in [0.25, 0.3) is 0 Å². The van der Waals surface area contributed by atoms with E-state index < -0.39 is 5.54 Å². The molecule has 1 amide bonds. The van der Waals surface area contributed by atoms with E-state index in [1.54, 1.807) is 0 Å². The Balaban J connectivity index is 2.63. The molecular formula is C12H24N2O2. The van der Waals surface area contributed by atoms with Gasteiger partial charge in [-0.05, 0) is 13.3 Å². The molecule has 0 aromatic rings. The van der Waals surface area contributed by atoms with Crippen LogP contribution in [0.4, 0.5) is 0 Å². The fourth-order valence-electron chi connectivity index (χ4n) is 2.22. The largest absolute Gasteiger partial charge is 0.378 e. The third kappa shape index (κ3) is 1.96. The molecule has 0 aromatic heterocycles. The standard InChI is InChI=1S/C12H24N2O2/c1-5-7-14-10(15)12(13)8-9(16-6-2)11(12,3)4/h9H,5-8,13H2,1-4H3,(H,14,15). The summed E-state index contributed by atoms with van der Waals surface area (Å²) >= 11 is 0. The van der Waals surface area contributed by atoms with Crippen molar-refractivity contribution in [3.63, 3.8) is 0 Å². The van der Waals surface area contributed by atoms with Gasteiger partial charge in [-0.2, -0.15) is 0 Å². The quantitative estimate of drug-likeness (QED) is 0.739. The van der Waals surface area contributed by atoms with Crippen molar-refractivity contribution in [1.29, 1.82) is 0 Å². The topological polar surface area (TPSA) is 64.4 Å². The van der Waals surface area contributed by atoms with Gasteiger partial charge in [0, 0.05) is 25.0 Å². The molecule has 0 radical (unpaired) electrons. The number of carbonyl (C=O) groups excluding carboxylic acids is 1. The number of rotatable bonds is 5. The van der Waals surface area contributed by atoms with Crippen molar-refractivity contribution >= 4 is 5.91 Å². The van der Waals surface area contributed by atoms with Gasteiger partial charge in [-0.3, -0.25) is 4.79 Å². The van der Waals surface area contributed by atoms with E-state index in [4.69, 9.17) is 10.5 Å². The zero-order valence-electron chi connectivity index (χ0n) is 10.8. The maximum absolute atomic E-state index is 12.0. The van der Waals surface area contributed by atoms with E-state index in [-0.39, 0.29) is 17.4 Å². The number of amides is 1. The van der Waals surface area contributed by atoms with Crippen LogP contribution >= 0.6 is 0 Å². The van der Waals surface area contributed by atoms with Crippen molar-refractivity contribution < 1.29 is 9.53 Å². The van der Waals surface area contributed by atoms with Crippen molar-refractivity contribution in [3.8, 4) is 0 Å². The highest BCUT2D eigenvalue weighted by Crippen LogP contribution is 2.49. The number of hydrogen-bond donors (Lipinski definition) is 2. The summed E-state index contributed by atoms with van der Waals surface area (Å²) in [6.07, 6.45) is 1.63. The number of carbonyl (C=O) groups is 1. The number of hydrogen-bond acceptors (Lipinski definition) is 3. The Bertz CT molecular complexity index is 266. The van der Waals surface area contributed by atoms with Gasteiger partial charge in [0.2, 0.25) is 5.91 Å². The third-order valence-corrected chi connectivity index (χ3v) is 3.77. The Morgan fingerprint density at radius 1 is 1.50 bits per heavy atom. The average molecular weight is 228 g/mol. The Hall–Kier alpha value is -0.610. The molecule has 3 N–H and O–H groups in total. The molecular weight excluding hydrogens is 204 g/mol. The zero-order valence-corrected chi connectivity index (χ0v) is 10.8. The van der Waals surface area contributed by atoms with Gasteiger partial charge in [-0.25, -0.2) is 0 Å². The molecule has 1 saturated carbocycles. The van der Waals surface area contributed by atoms with Crippen molar-refractivity contribution in [3.05, 3.63) is 0 Å². The van der Waals surface area contributed by atoms with Gasteiger partial charge in [0.05, 0.1) is 6.10 Å². The van der Waals surface area contributed by atoms with Gasteiger partial charge in [-0.1, -0.05) is 20.8 Å². The van der Waals surface area contributed by atoms with E-state index >= 15 is 0 Å². The van der Waals surface area contributed by atoms with Crippen molar-refractivity contribution in [2.45, 2.75) is 52.2 Å². The molecule has 0 bridgehead atoms. The van der Waals surface area contributed by atoms with Gasteiger partial charge >= 0.3 is 0 Å². The minimum absolute atomic E-state index is 0.0460. The number of nitrogens with one attached hydrogen (secondary N) is 1. The van der Waals surface area contributed by atoms with Crippen LogP contribution in [0.2, 0.25) is 0 Å². The molecule has 4 nitrogen and oxygen atoms in total. The summed E-state index contributed by atoms with van der Waals surface area (Å²) in [6, 6.07) is 0. The van der Waals surface area contributed by atoms with Crippen LogP contribution in [-0.4, -0.2) is 30.7 Å². The highest BCUT2D eigenvalue weighted by molar-refractivity contribution is 5.88. The predicted octanol–water partition coefficient (Wildman–Crippen LogP) is 1.05. The number of nitrogens with two attached hydrogens (primary N) is 1. The molecule has 94 valence electrons. The van der Waals surface area contributed by atoms with Gasteiger partial charge in [-0.15, -0.1) is 0 Å². The van der Waals surface area contributed by atoms with Crippen LogP contribution in [0.15, 0.2) is 0 Å². The second-order valence-electron chi connectivity index (χ2n) is 5.10. The Morgan fingerprint density at radius 3 is 2.56 bits per heavy atom. The van der Waals surface area contributed by atoms with Gasteiger partial charge in [0.15, 0.2) is 0 Å². The summed E-state index contributed by atoms with van der Waals surface area (Å²) in [4.78, 5) is 12.0. The monoisotopic (exact) mass is 228 g/mol. The van der Waals surface area contributed by atoms with Crippen LogP contribution in [0.3, 0.4) is 0 Å². The first-order chi connectivity index (χ1) is 7.40. The van der Waals surface area contributed by atoms with Crippen LogP contribution in [0.5, 0.6) is 0 Å². The van der Waals surface area contributed by atoms with E-state index in [0.717, 1.165) is 6.42 Å². The molecule has 1 fully saturated rings. The maximum atomic E-state index is 12.0. The zero-order chi connectivity index (χ0) is 12.4. The molecule has 1 rings (SSSR count). The summed E-state index contributed by atoms with van der Waals surface area (Å²) in [6.45, 7) is 9.35. The average Bonchev–Trinajstić information content (AvgIpc) is 2.25. The third-order valence-electron chi connectivity index (χ3n) is 3.77. The Kier molecular flexibility index (Phi) is 3.97. The first kappa shape index (κ1) is 13.5. The minimum atomic E-state index is -0.776. The highest BCUT2D eigenvalue weighted by Gasteiger charge is 2.62. The normalized spacial score (nSPS) is 31.9.